The fraction of sp³-hybridized carbons (Fsp3) is 0.923. The van der Waals surface area contributed by atoms with Crippen LogP contribution < -0.4 is 0 Å². The Balaban J connectivity index is 1.49. The molecule has 28 heavy (non-hydrogen) atoms. The van der Waals surface area contributed by atoms with Gasteiger partial charge in [-0.15, -0.1) is 0 Å². The number of rotatable bonds is 5. The lowest BCUT2D eigenvalue weighted by molar-refractivity contribution is -0.0568. The number of hydrogen-bond acceptors (Lipinski definition) is 2. The van der Waals surface area contributed by atoms with Gasteiger partial charge in [-0.3, -0.25) is 0 Å². The number of fused-ring (bicyclic) bond motifs is 5. The van der Waals surface area contributed by atoms with Crippen molar-refractivity contribution in [1.29, 1.82) is 0 Å². The van der Waals surface area contributed by atoms with Crippen LogP contribution in [0.15, 0.2) is 11.6 Å². The van der Waals surface area contributed by atoms with Gasteiger partial charge in [0.1, 0.15) is 0 Å². The van der Waals surface area contributed by atoms with Gasteiger partial charge in [0.15, 0.2) is 0 Å². The van der Waals surface area contributed by atoms with E-state index < -0.39 is 0 Å². The third-order valence-electron chi connectivity index (χ3n) is 9.86. The largest absolute Gasteiger partial charge is 0.393 e. The molecule has 0 saturated heterocycles. The first kappa shape index (κ1) is 21.3. The third kappa shape index (κ3) is 3.53. The summed E-state index contributed by atoms with van der Waals surface area (Å²) in [5.74, 6) is 5.89. The second-order valence-corrected chi connectivity index (χ2v) is 13.3. The highest BCUT2D eigenvalue weighted by atomic mass is 32.2. The average molecular weight is 405 g/mol. The van der Waals surface area contributed by atoms with Gasteiger partial charge < -0.3 is 5.11 Å². The van der Waals surface area contributed by atoms with E-state index in [9.17, 15) is 5.11 Å². The van der Waals surface area contributed by atoms with E-state index in [1.807, 2.05) is 0 Å². The lowest BCUT2D eigenvalue weighted by Crippen LogP contribution is -2.50. The van der Waals surface area contributed by atoms with Gasteiger partial charge in [-0.25, -0.2) is 0 Å². The van der Waals surface area contributed by atoms with Crippen LogP contribution in [0.5, 0.6) is 0 Å². The van der Waals surface area contributed by atoms with Gasteiger partial charge in [0.05, 0.1) is 6.10 Å². The van der Waals surface area contributed by atoms with Crippen LogP contribution in [0, 0.1) is 40.4 Å². The molecule has 160 valence electrons. The molecule has 3 saturated carbocycles. The zero-order chi connectivity index (χ0) is 20.1. The number of aliphatic hydroxyl groups excluding tert-OH is 1. The summed E-state index contributed by atoms with van der Waals surface area (Å²) in [6, 6.07) is 0. The van der Waals surface area contributed by atoms with E-state index >= 15 is 0 Å². The van der Waals surface area contributed by atoms with Crippen molar-refractivity contribution in [3.63, 3.8) is 0 Å². The standard InChI is InChI=1S/C26H44OS/c1-17(2)28-15-12-18(3)22-8-9-23-21-7-6-19-16-20(27)10-13-25(19,4)24(21)11-14-26(22,23)5/h6,17-18,20-24,27H,7-16H2,1-5H3/t18-,20+,21+,22-,23+,24+,25+,26-/m1/s1. The minimum absolute atomic E-state index is 0.0786. The van der Waals surface area contributed by atoms with Gasteiger partial charge in [-0.05, 0) is 109 Å². The van der Waals surface area contributed by atoms with Crippen LogP contribution in [0.1, 0.15) is 92.4 Å². The Hall–Kier alpha value is 0.0500. The lowest BCUT2D eigenvalue weighted by Gasteiger charge is -2.58. The minimum Gasteiger partial charge on any atom is -0.393 e. The van der Waals surface area contributed by atoms with Crippen LogP contribution in [0.4, 0.5) is 0 Å². The monoisotopic (exact) mass is 404 g/mol. The molecule has 0 bridgehead atoms. The molecule has 0 heterocycles. The summed E-state index contributed by atoms with van der Waals surface area (Å²) in [4.78, 5) is 0. The molecule has 1 N–H and O–H groups in total. The molecule has 4 aliphatic rings. The molecule has 0 amide bonds. The van der Waals surface area contributed by atoms with E-state index in [0.717, 1.165) is 47.7 Å². The fourth-order valence-corrected chi connectivity index (χ4v) is 9.29. The van der Waals surface area contributed by atoms with Crippen LogP contribution >= 0.6 is 11.8 Å². The quantitative estimate of drug-likeness (QED) is 0.493. The average Bonchev–Trinajstić information content (AvgIpc) is 2.99. The van der Waals surface area contributed by atoms with Crippen LogP contribution in [-0.4, -0.2) is 22.2 Å². The third-order valence-corrected chi connectivity index (χ3v) is 11.0. The highest BCUT2D eigenvalue weighted by Crippen LogP contribution is 2.67. The van der Waals surface area contributed by atoms with E-state index in [0.29, 0.717) is 10.8 Å². The SMILES string of the molecule is CC(C)SCC[C@@H](C)[C@H]1CC[C@H]2[C@@H]3CC=C4C[C@@H](O)CC[C@]4(C)[C@H]3CC[C@]12C. The molecule has 1 nitrogen and oxygen atoms in total. The number of thioether (sulfide) groups is 1. The van der Waals surface area contributed by atoms with Gasteiger partial charge in [-0.1, -0.05) is 46.3 Å². The Bertz CT molecular complexity index is 597. The fourth-order valence-electron chi connectivity index (χ4n) is 8.31. The minimum atomic E-state index is -0.0786. The van der Waals surface area contributed by atoms with Crippen LogP contribution in [0.2, 0.25) is 0 Å². The molecule has 3 fully saturated rings. The first-order valence-electron chi connectivity index (χ1n) is 12.2. The van der Waals surface area contributed by atoms with E-state index in [-0.39, 0.29) is 6.10 Å². The molecular formula is C26H44OS. The first-order chi connectivity index (χ1) is 13.3. The van der Waals surface area contributed by atoms with Crippen molar-refractivity contribution >= 4 is 11.8 Å². The summed E-state index contributed by atoms with van der Waals surface area (Å²) in [6.07, 6.45) is 14.3. The van der Waals surface area contributed by atoms with Crippen molar-refractivity contribution in [3.8, 4) is 0 Å². The Labute approximate surface area is 178 Å². The second-order valence-electron chi connectivity index (χ2n) is 11.6. The highest BCUT2D eigenvalue weighted by molar-refractivity contribution is 7.99. The molecule has 4 rings (SSSR count). The molecule has 0 aromatic heterocycles. The molecule has 0 aromatic carbocycles. The molecule has 0 radical (unpaired) electrons. The number of hydrogen-bond donors (Lipinski definition) is 1. The van der Waals surface area contributed by atoms with Crippen molar-refractivity contribution < 1.29 is 5.11 Å². The Morgan fingerprint density at radius 2 is 1.86 bits per heavy atom. The summed E-state index contributed by atoms with van der Waals surface area (Å²) < 4.78 is 0. The van der Waals surface area contributed by atoms with Crippen LogP contribution in [-0.2, 0) is 0 Å². The smallest absolute Gasteiger partial charge is 0.0577 e. The molecule has 2 heteroatoms. The maximum atomic E-state index is 10.2. The zero-order valence-corrected chi connectivity index (χ0v) is 19.9. The highest BCUT2D eigenvalue weighted by Gasteiger charge is 2.59. The van der Waals surface area contributed by atoms with Crippen molar-refractivity contribution in [2.24, 2.45) is 40.4 Å². The second kappa shape index (κ2) is 7.95. The Kier molecular flexibility index (Phi) is 6.04. The van der Waals surface area contributed by atoms with Gasteiger partial charge in [0, 0.05) is 0 Å². The summed E-state index contributed by atoms with van der Waals surface area (Å²) >= 11 is 2.15. The van der Waals surface area contributed by atoms with Gasteiger partial charge in [-0.2, -0.15) is 11.8 Å². The first-order valence-corrected chi connectivity index (χ1v) is 13.3. The molecule has 0 aromatic rings. The maximum absolute atomic E-state index is 10.2. The molecule has 4 aliphatic carbocycles. The van der Waals surface area contributed by atoms with Crippen molar-refractivity contribution in [1.82, 2.24) is 0 Å². The van der Waals surface area contributed by atoms with E-state index in [1.165, 1.54) is 50.7 Å². The Morgan fingerprint density at radius 1 is 1.07 bits per heavy atom. The van der Waals surface area contributed by atoms with E-state index in [2.05, 4.69) is 52.5 Å². The lowest BCUT2D eigenvalue weighted by atomic mass is 9.47. The van der Waals surface area contributed by atoms with E-state index in [4.69, 9.17) is 0 Å². The Morgan fingerprint density at radius 3 is 2.61 bits per heavy atom. The van der Waals surface area contributed by atoms with E-state index in [1.54, 1.807) is 5.57 Å². The van der Waals surface area contributed by atoms with Crippen molar-refractivity contribution in [2.45, 2.75) is 104 Å². The summed E-state index contributed by atoms with van der Waals surface area (Å²) in [5.41, 5.74) is 2.59. The number of allylic oxidation sites excluding steroid dienone is 1. The summed E-state index contributed by atoms with van der Waals surface area (Å²) in [7, 11) is 0. The van der Waals surface area contributed by atoms with Gasteiger partial charge in [0.25, 0.3) is 0 Å². The zero-order valence-electron chi connectivity index (χ0n) is 19.0. The van der Waals surface area contributed by atoms with Crippen molar-refractivity contribution in [2.75, 3.05) is 5.75 Å². The molecular weight excluding hydrogens is 360 g/mol. The normalized spacial score (nSPS) is 46.5. The summed E-state index contributed by atoms with van der Waals surface area (Å²) in [5, 5.41) is 11.0. The molecule has 0 unspecified atom stereocenters. The van der Waals surface area contributed by atoms with Gasteiger partial charge >= 0.3 is 0 Å². The maximum Gasteiger partial charge on any atom is 0.0577 e. The summed E-state index contributed by atoms with van der Waals surface area (Å²) in [6.45, 7) is 12.5. The molecule has 0 spiro atoms. The van der Waals surface area contributed by atoms with Crippen LogP contribution in [0.25, 0.3) is 0 Å². The van der Waals surface area contributed by atoms with Crippen molar-refractivity contribution in [3.05, 3.63) is 11.6 Å². The molecule has 0 aliphatic heterocycles. The molecule has 8 atom stereocenters. The predicted molar refractivity (Wildman–Crippen MR) is 123 cm³/mol. The number of aliphatic hydroxyl groups is 1. The van der Waals surface area contributed by atoms with Crippen LogP contribution in [0.3, 0.4) is 0 Å². The topological polar surface area (TPSA) is 20.2 Å². The predicted octanol–water partition coefficient (Wildman–Crippen LogP) is 7.09. The van der Waals surface area contributed by atoms with Gasteiger partial charge in [0.2, 0.25) is 0 Å².